The number of pyridine rings is 1. The van der Waals surface area contributed by atoms with Gasteiger partial charge in [0.1, 0.15) is 6.54 Å². The molecule has 2 aromatic carbocycles. The Labute approximate surface area is 152 Å². The average molecular weight is 369 g/mol. The summed E-state index contributed by atoms with van der Waals surface area (Å²) < 4.78 is 25.7. The highest BCUT2D eigenvalue weighted by molar-refractivity contribution is 7.92. The molecule has 26 heavy (non-hydrogen) atoms. The minimum absolute atomic E-state index is 0.331. The minimum Gasteiger partial charge on any atom is -0.325 e. The van der Waals surface area contributed by atoms with E-state index in [9.17, 15) is 13.2 Å². The zero-order valence-corrected chi connectivity index (χ0v) is 15.3. The van der Waals surface area contributed by atoms with Crippen LogP contribution in [0.2, 0.25) is 0 Å². The van der Waals surface area contributed by atoms with E-state index in [4.69, 9.17) is 0 Å². The molecule has 6 nitrogen and oxygen atoms in total. The van der Waals surface area contributed by atoms with E-state index in [1.165, 1.54) is 0 Å². The first-order chi connectivity index (χ1) is 12.3. The van der Waals surface area contributed by atoms with Crippen LogP contribution in [0.25, 0.3) is 10.9 Å². The number of anilines is 2. The van der Waals surface area contributed by atoms with Crippen LogP contribution < -0.4 is 9.62 Å². The van der Waals surface area contributed by atoms with Gasteiger partial charge in [-0.1, -0.05) is 35.9 Å². The van der Waals surface area contributed by atoms with E-state index in [2.05, 4.69) is 10.3 Å². The third kappa shape index (κ3) is 4.00. The number of hydrogen-bond acceptors (Lipinski definition) is 4. The molecular formula is C19H19N3O3S. The van der Waals surface area contributed by atoms with Gasteiger partial charge in [-0.3, -0.25) is 14.1 Å². The molecule has 134 valence electrons. The second-order valence-electron chi connectivity index (χ2n) is 6.04. The van der Waals surface area contributed by atoms with Gasteiger partial charge in [0.15, 0.2) is 0 Å². The molecule has 0 saturated carbocycles. The van der Waals surface area contributed by atoms with Crippen LogP contribution in [0.1, 0.15) is 5.56 Å². The third-order valence-corrected chi connectivity index (χ3v) is 5.03. The molecular weight excluding hydrogens is 350 g/mol. The topological polar surface area (TPSA) is 79.4 Å². The quantitative estimate of drug-likeness (QED) is 0.750. The van der Waals surface area contributed by atoms with Crippen molar-refractivity contribution in [2.24, 2.45) is 0 Å². The van der Waals surface area contributed by atoms with E-state index < -0.39 is 15.9 Å². The number of fused-ring (bicyclic) bond motifs is 1. The number of aromatic nitrogens is 1. The Balaban J connectivity index is 1.91. The lowest BCUT2D eigenvalue weighted by Gasteiger charge is -2.23. The average Bonchev–Trinajstić information content (AvgIpc) is 2.60. The second kappa shape index (κ2) is 7.13. The Morgan fingerprint density at radius 1 is 1.08 bits per heavy atom. The molecule has 0 spiro atoms. The van der Waals surface area contributed by atoms with Gasteiger partial charge in [0.05, 0.1) is 17.5 Å². The Hall–Kier alpha value is -2.93. The Morgan fingerprint density at radius 3 is 2.46 bits per heavy atom. The monoisotopic (exact) mass is 369 g/mol. The first kappa shape index (κ1) is 17.9. The number of sulfonamides is 1. The number of carbonyl (C=O) groups is 1. The molecule has 0 aliphatic heterocycles. The third-order valence-electron chi connectivity index (χ3n) is 3.90. The summed E-state index contributed by atoms with van der Waals surface area (Å²) in [7, 11) is -3.67. The van der Waals surface area contributed by atoms with Crippen molar-refractivity contribution < 1.29 is 13.2 Å². The number of aryl methyl sites for hydroxylation is 1. The van der Waals surface area contributed by atoms with Crippen molar-refractivity contribution >= 4 is 38.2 Å². The lowest BCUT2D eigenvalue weighted by molar-refractivity contribution is -0.114. The molecule has 1 amide bonds. The Kier molecular flexibility index (Phi) is 4.90. The molecule has 3 rings (SSSR count). The lowest BCUT2D eigenvalue weighted by Crippen LogP contribution is -2.37. The molecule has 0 fully saturated rings. The summed E-state index contributed by atoms with van der Waals surface area (Å²) in [6.45, 7) is 1.62. The maximum Gasteiger partial charge on any atom is 0.245 e. The van der Waals surface area contributed by atoms with Crippen molar-refractivity contribution in [3.8, 4) is 0 Å². The zero-order valence-electron chi connectivity index (χ0n) is 14.5. The van der Waals surface area contributed by atoms with Crippen LogP contribution in [0.3, 0.4) is 0 Å². The predicted octanol–water partition coefficient (Wildman–Crippen LogP) is 2.95. The molecule has 1 N–H and O–H groups in total. The summed E-state index contributed by atoms with van der Waals surface area (Å²) in [5, 5.41) is 3.53. The van der Waals surface area contributed by atoms with Crippen LogP contribution in [-0.4, -0.2) is 32.1 Å². The van der Waals surface area contributed by atoms with Crippen LogP contribution in [0.15, 0.2) is 60.8 Å². The van der Waals surface area contributed by atoms with Crippen molar-refractivity contribution in [2.45, 2.75) is 6.92 Å². The van der Waals surface area contributed by atoms with E-state index in [0.717, 1.165) is 21.5 Å². The van der Waals surface area contributed by atoms with Crippen molar-refractivity contribution in [2.75, 3.05) is 22.4 Å². The molecule has 3 aromatic rings. The normalized spacial score (nSPS) is 11.3. The summed E-state index contributed by atoms with van der Waals surface area (Å²) in [4.78, 5) is 16.7. The number of nitrogens with one attached hydrogen (secondary N) is 1. The SMILES string of the molecule is Cc1ccc(NC(=O)CN(c2cccc3cccnc23)S(C)(=O)=O)cc1. The Bertz CT molecular complexity index is 1040. The molecule has 0 bridgehead atoms. The summed E-state index contributed by atoms with van der Waals surface area (Å²) in [6.07, 6.45) is 2.67. The van der Waals surface area contributed by atoms with Crippen LogP contribution in [0.4, 0.5) is 11.4 Å². The fourth-order valence-corrected chi connectivity index (χ4v) is 3.49. The molecule has 0 saturated heterocycles. The number of amides is 1. The van der Waals surface area contributed by atoms with Gasteiger partial charge in [-0.15, -0.1) is 0 Å². The van der Waals surface area contributed by atoms with Gasteiger partial charge in [-0.25, -0.2) is 8.42 Å². The van der Waals surface area contributed by atoms with Gasteiger partial charge in [0.25, 0.3) is 0 Å². The van der Waals surface area contributed by atoms with Gasteiger partial charge in [-0.05, 0) is 31.2 Å². The molecule has 0 aliphatic carbocycles. The van der Waals surface area contributed by atoms with E-state index >= 15 is 0 Å². The first-order valence-corrected chi connectivity index (χ1v) is 9.87. The number of benzene rings is 2. The molecule has 0 unspecified atom stereocenters. The summed E-state index contributed by atoms with van der Waals surface area (Å²) >= 11 is 0. The number of nitrogens with zero attached hydrogens (tertiary/aromatic N) is 2. The molecule has 1 aromatic heterocycles. The largest absolute Gasteiger partial charge is 0.325 e. The van der Waals surface area contributed by atoms with Gasteiger partial charge >= 0.3 is 0 Å². The van der Waals surface area contributed by atoms with E-state index in [1.54, 1.807) is 36.5 Å². The smallest absolute Gasteiger partial charge is 0.245 e. The Morgan fingerprint density at radius 2 is 1.77 bits per heavy atom. The number of rotatable bonds is 5. The standard InChI is InChI=1S/C19H19N3O3S/c1-14-8-10-16(11-9-14)21-18(23)13-22(26(2,24)25)17-7-3-5-15-6-4-12-20-19(15)17/h3-12H,13H2,1-2H3,(H,21,23). The van der Waals surface area contributed by atoms with Crippen LogP contribution in [0.5, 0.6) is 0 Å². The van der Waals surface area contributed by atoms with E-state index in [-0.39, 0.29) is 6.54 Å². The second-order valence-corrected chi connectivity index (χ2v) is 7.94. The maximum atomic E-state index is 12.4. The van der Waals surface area contributed by atoms with E-state index in [1.807, 2.05) is 31.2 Å². The van der Waals surface area contributed by atoms with Crippen molar-refractivity contribution in [3.63, 3.8) is 0 Å². The number of hydrogen-bond donors (Lipinski definition) is 1. The minimum atomic E-state index is -3.67. The highest BCUT2D eigenvalue weighted by Crippen LogP contribution is 2.26. The molecule has 7 heteroatoms. The molecule has 0 aliphatic rings. The van der Waals surface area contributed by atoms with Crippen molar-refractivity contribution in [3.05, 3.63) is 66.4 Å². The highest BCUT2D eigenvalue weighted by atomic mass is 32.2. The summed E-state index contributed by atoms with van der Waals surface area (Å²) in [5.41, 5.74) is 2.60. The van der Waals surface area contributed by atoms with Crippen LogP contribution in [-0.2, 0) is 14.8 Å². The van der Waals surface area contributed by atoms with Crippen LogP contribution in [0, 0.1) is 6.92 Å². The van der Waals surface area contributed by atoms with Crippen molar-refractivity contribution in [1.82, 2.24) is 4.98 Å². The van der Waals surface area contributed by atoms with Crippen LogP contribution >= 0.6 is 0 Å². The number of carbonyl (C=O) groups excluding carboxylic acids is 1. The fourth-order valence-electron chi connectivity index (χ4n) is 2.64. The lowest BCUT2D eigenvalue weighted by atomic mass is 10.2. The summed E-state index contributed by atoms with van der Waals surface area (Å²) in [5.74, 6) is -0.424. The highest BCUT2D eigenvalue weighted by Gasteiger charge is 2.23. The van der Waals surface area contributed by atoms with Gasteiger partial charge in [-0.2, -0.15) is 0 Å². The fraction of sp³-hybridized carbons (Fsp3) is 0.158. The van der Waals surface area contributed by atoms with Gasteiger partial charge in [0, 0.05) is 17.3 Å². The van der Waals surface area contributed by atoms with Gasteiger partial charge in [0.2, 0.25) is 15.9 Å². The molecule has 1 heterocycles. The maximum absolute atomic E-state index is 12.4. The molecule has 0 atom stereocenters. The zero-order chi connectivity index (χ0) is 18.7. The first-order valence-electron chi connectivity index (χ1n) is 8.02. The summed E-state index contributed by atoms with van der Waals surface area (Å²) in [6, 6.07) is 16.2. The molecule has 0 radical (unpaired) electrons. The number of para-hydroxylation sites is 1. The van der Waals surface area contributed by atoms with E-state index in [0.29, 0.717) is 16.9 Å². The predicted molar refractivity (Wildman–Crippen MR) is 104 cm³/mol. The van der Waals surface area contributed by atoms with Crippen molar-refractivity contribution in [1.29, 1.82) is 0 Å². The van der Waals surface area contributed by atoms with Gasteiger partial charge < -0.3 is 5.32 Å².